The van der Waals surface area contributed by atoms with Gasteiger partial charge >= 0.3 is 0 Å². The van der Waals surface area contributed by atoms with Crippen LogP contribution in [0.1, 0.15) is 40.0 Å². The van der Waals surface area contributed by atoms with Gasteiger partial charge in [0.1, 0.15) is 6.17 Å². The molecule has 0 amide bonds. The van der Waals surface area contributed by atoms with Crippen LogP contribution in [0.5, 0.6) is 0 Å². The summed E-state index contributed by atoms with van der Waals surface area (Å²) in [5.41, 5.74) is 4.75. The molecule has 2 aliphatic carbocycles. The van der Waals surface area contributed by atoms with E-state index in [1.54, 1.807) is 0 Å². The van der Waals surface area contributed by atoms with Gasteiger partial charge in [-0.2, -0.15) is 0 Å². The Bertz CT molecular complexity index is 694. The maximum absolute atomic E-state index is 5.09. The zero-order valence-corrected chi connectivity index (χ0v) is 15.9. The van der Waals surface area contributed by atoms with Crippen LogP contribution < -0.4 is 0 Å². The van der Waals surface area contributed by atoms with E-state index in [-0.39, 0.29) is 6.17 Å². The third-order valence-electron chi connectivity index (χ3n) is 4.50. The summed E-state index contributed by atoms with van der Waals surface area (Å²) in [5, 5.41) is 0. The lowest BCUT2D eigenvalue weighted by Crippen LogP contribution is -2.31. The third kappa shape index (κ3) is 5.60. The molecular weight excluding hydrogens is 304 g/mol. The van der Waals surface area contributed by atoms with Crippen LogP contribution in [-0.2, 0) is 0 Å². The Morgan fingerprint density at radius 1 is 1.12 bits per heavy atom. The first-order valence-electron chi connectivity index (χ1n) is 9.10. The van der Waals surface area contributed by atoms with Crippen molar-refractivity contribution in [3.05, 3.63) is 83.7 Å². The van der Waals surface area contributed by atoms with Crippen molar-refractivity contribution in [2.24, 2.45) is 4.99 Å². The van der Waals surface area contributed by atoms with Crippen molar-refractivity contribution in [1.29, 1.82) is 0 Å². The van der Waals surface area contributed by atoms with Crippen LogP contribution in [-0.4, -0.2) is 23.8 Å². The highest BCUT2D eigenvalue weighted by molar-refractivity contribution is 5.98. The Kier molecular flexibility index (Phi) is 7.46. The lowest BCUT2D eigenvalue weighted by Gasteiger charge is -2.30. The Labute approximate surface area is 153 Å². The molecule has 1 unspecified atom stereocenters. The van der Waals surface area contributed by atoms with Crippen LogP contribution in [0, 0.1) is 0 Å². The fraction of sp³-hybridized carbons (Fsp3) is 0.348. The standard InChI is InChI=1S/C23H30N2/c1-5-6-14-19(2)20(3)24-23(21-15-10-7-8-11-16-21)25(4)22-17-12-9-13-18-22/h5-8,10,12,14-18,23H,9,11,13H2,1-4H3/b6-5-,19-14+,24-20+. The molecule has 0 aromatic carbocycles. The minimum absolute atomic E-state index is 0.0147. The highest BCUT2D eigenvalue weighted by Crippen LogP contribution is 2.23. The van der Waals surface area contributed by atoms with Crippen molar-refractivity contribution in [2.45, 2.75) is 46.2 Å². The lowest BCUT2D eigenvalue weighted by atomic mass is 10.1. The van der Waals surface area contributed by atoms with Gasteiger partial charge < -0.3 is 4.90 Å². The monoisotopic (exact) mass is 334 g/mol. The Balaban J connectivity index is 2.36. The molecule has 0 saturated heterocycles. The summed E-state index contributed by atoms with van der Waals surface area (Å²) in [6.07, 6.45) is 27.0. The SMILES string of the molecule is C\C=C/C=C(C)/C(C)=N/C(C1=CCC=CC=C1)N(C)C1=CCCC=C1. The van der Waals surface area contributed by atoms with Gasteiger partial charge in [0.15, 0.2) is 0 Å². The second-order valence-electron chi connectivity index (χ2n) is 6.41. The molecule has 2 heteroatoms. The maximum atomic E-state index is 5.09. The Hall–Kier alpha value is -2.35. The molecule has 0 heterocycles. The van der Waals surface area contributed by atoms with Crippen molar-refractivity contribution in [3.63, 3.8) is 0 Å². The first-order valence-corrected chi connectivity index (χ1v) is 9.10. The van der Waals surface area contributed by atoms with Crippen molar-refractivity contribution in [3.8, 4) is 0 Å². The average Bonchev–Trinajstić information content (AvgIpc) is 2.93. The second-order valence-corrected chi connectivity index (χ2v) is 6.41. The molecule has 0 fully saturated rings. The van der Waals surface area contributed by atoms with Gasteiger partial charge in [0, 0.05) is 18.5 Å². The molecule has 0 aromatic rings. The first kappa shape index (κ1) is 19.0. The van der Waals surface area contributed by atoms with E-state index in [0.717, 1.165) is 25.0 Å². The molecule has 0 saturated carbocycles. The molecule has 1 atom stereocenters. The first-order chi connectivity index (χ1) is 12.1. The molecule has 2 aliphatic rings. The van der Waals surface area contributed by atoms with E-state index >= 15 is 0 Å². The van der Waals surface area contributed by atoms with E-state index in [1.165, 1.54) is 16.8 Å². The number of nitrogens with zero attached hydrogens (tertiary/aromatic N) is 2. The number of rotatable bonds is 6. The Morgan fingerprint density at radius 2 is 1.96 bits per heavy atom. The minimum Gasteiger partial charge on any atom is -0.349 e. The summed E-state index contributed by atoms with van der Waals surface area (Å²) in [6, 6.07) is 0. The number of hydrogen-bond acceptors (Lipinski definition) is 2. The zero-order valence-electron chi connectivity index (χ0n) is 15.9. The molecule has 0 aliphatic heterocycles. The van der Waals surface area contributed by atoms with Crippen molar-refractivity contribution in [1.82, 2.24) is 4.90 Å². The highest BCUT2D eigenvalue weighted by atomic mass is 15.2. The highest BCUT2D eigenvalue weighted by Gasteiger charge is 2.19. The normalized spacial score (nSPS) is 19.7. The van der Waals surface area contributed by atoms with Gasteiger partial charge in [-0.05, 0) is 57.3 Å². The predicted octanol–water partition coefficient (Wildman–Crippen LogP) is 5.90. The average molecular weight is 335 g/mol. The summed E-state index contributed by atoms with van der Waals surface area (Å²) in [4.78, 5) is 7.37. The molecule has 0 N–H and O–H groups in total. The quantitative estimate of drug-likeness (QED) is 0.436. The van der Waals surface area contributed by atoms with E-state index in [2.05, 4.69) is 86.6 Å². The molecular formula is C23H30N2. The lowest BCUT2D eigenvalue weighted by molar-refractivity contribution is 0.360. The van der Waals surface area contributed by atoms with Crippen molar-refractivity contribution >= 4 is 5.71 Å². The molecule has 25 heavy (non-hydrogen) atoms. The molecule has 2 nitrogen and oxygen atoms in total. The van der Waals surface area contributed by atoms with Crippen LogP contribution in [0.15, 0.2) is 88.7 Å². The summed E-state index contributed by atoms with van der Waals surface area (Å²) in [5.74, 6) is 0. The van der Waals surface area contributed by atoms with Gasteiger partial charge in [0.05, 0.1) is 0 Å². The molecule has 132 valence electrons. The second kappa shape index (κ2) is 9.83. The predicted molar refractivity (Wildman–Crippen MR) is 111 cm³/mol. The summed E-state index contributed by atoms with van der Waals surface area (Å²) in [6.45, 7) is 6.25. The zero-order chi connectivity index (χ0) is 18.1. The topological polar surface area (TPSA) is 15.6 Å². The number of aliphatic imine (C=N–C) groups is 1. The van der Waals surface area contributed by atoms with E-state index in [1.807, 2.05) is 13.0 Å². The van der Waals surface area contributed by atoms with Gasteiger partial charge in [-0.3, -0.25) is 4.99 Å². The smallest absolute Gasteiger partial charge is 0.146 e. The van der Waals surface area contributed by atoms with E-state index in [4.69, 9.17) is 4.99 Å². The van der Waals surface area contributed by atoms with Crippen molar-refractivity contribution in [2.75, 3.05) is 7.05 Å². The van der Waals surface area contributed by atoms with Crippen LogP contribution >= 0.6 is 0 Å². The van der Waals surface area contributed by atoms with Crippen LogP contribution in [0.25, 0.3) is 0 Å². The molecule has 0 aromatic heterocycles. The van der Waals surface area contributed by atoms with Crippen LogP contribution in [0.2, 0.25) is 0 Å². The van der Waals surface area contributed by atoms with Gasteiger partial charge in [0.2, 0.25) is 0 Å². The number of hydrogen-bond donors (Lipinski definition) is 0. The fourth-order valence-electron chi connectivity index (χ4n) is 2.82. The van der Waals surface area contributed by atoms with Gasteiger partial charge in [-0.25, -0.2) is 0 Å². The Morgan fingerprint density at radius 3 is 2.68 bits per heavy atom. The van der Waals surface area contributed by atoms with Crippen LogP contribution in [0.4, 0.5) is 0 Å². The molecule has 0 radical (unpaired) electrons. The summed E-state index contributed by atoms with van der Waals surface area (Å²) in [7, 11) is 2.14. The number of likely N-dealkylation sites (N-methyl/N-ethyl adjacent to an activating group) is 1. The number of allylic oxidation sites excluding steroid dienone is 11. The van der Waals surface area contributed by atoms with Gasteiger partial charge in [-0.1, -0.05) is 60.8 Å². The fourth-order valence-corrected chi connectivity index (χ4v) is 2.82. The third-order valence-corrected chi connectivity index (χ3v) is 4.50. The maximum Gasteiger partial charge on any atom is 0.146 e. The molecule has 2 rings (SSSR count). The van der Waals surface area contributed by atoms with E-state index < -0.39 is 0 Å². The van der Waals surface area contributed by atoms with Crippen LogP contribution in [0.3, 0.4) is 0 Å². The van der Waals surface area contributed by atoms with E-state index in [0.29, 0.717) is 0 Å². The van der Waals surface area contributed by atoms with Crippen molar-refractivity contribution < 1.29 is 0 Å². The molecule has 0 bridgehead atoms. The van der Waals surface area contributed by atoms with E-state index in [9.17, 15) is 0 Å². The summed E-state index contributed by atoms with van der Waals surface area (Å²) < 4.78 is 0. The summed E-state index contributed by atoms with van der Waals surface area (Å²) >= 11 is 0. The largest absolute Gasteiger partial charge is 0.349 e. The molecule has 0 spiro atoms. The van der Waals surface area contributed by atoms with Gasteiger partial charge in [0.25, 0.3) is 0 Å². The van der Waals surface area contributed by atoms with Gasteiger partial charge in [-0.15, -0.1) is 0 Å². The minimum atomic E-state index is -0.0147.